The third-order valence-corrected chi connectivity index (χ3v) is 6.33. The Morgan fingerprint density at radius 1 is 1.08 bits per heavy atom. The maximum absolute atomic E-state index is 15.4. The number of hydrogen-bond donors (Lipinski definition) is 2. The second-order valence-electron chi connectivity index (χ2n) is 10.1. The minimum Gasteiger partial charge on any atom is -0.507 e. The van der Waals surface area contributed by atoms with E-state index in [1.165, 1.54) is 4.90 Å². The molecule has 0 bridgehead atoms. The molecule has 38 heavy (non-hydrogen) atoms. The molecule has 2 N–H and O–H groups in total. The molecule has 1 aliphatic heterocycles. The molecule has 1 heterocycles. The Labute approximate surface area is 223 Å². The summed E-state index contributed by atoms with van der Waals surface area (Å²) in [4.78, 5) is 26.9. The second kappa shape index (κ2) is 11.8. The van der Waals surface area contributed by atoms with Gasteiger partial charge in [0.1, 0.15) is 11.6 Å². The van der Waals surface area contributed by atoms with E-state index in [9.17, 15) is 14.7 Å². The number of nitrogens with one attached hydrogen (secondary N) is 1. The largest absolute Gasteiger partial charge is 0.507 e. The number of hydrogen-bond acceptors (Lipinski definition) is 7. The van der Waals surface area contributed by atoms with E-state index in [0.29, 0.717) is 28.9 Å². The quantitative estimate of drug-likeness (QED) is 0.307. The second-order valence-corrected chi connectivity index (χ2v) is 10.1. The summed E-state index contributed by atoms with van der Waals surface area (Å²) < 4.78 is 31.4. The molecule has 0 spiro atoms. The van der Waals surface area contributed by atoms with Gasteiger partial charge in [-0.15, -0.1) is 0 Å². The predicted molar refractivity (Wildman–Crippen MR) is 142 cm³/mol. The average molecular weight is 529 g/mol. The van der Waals surface area contributed by atoms with E-state index in [0.717, 1.165) is 0 Å². The summed E-state index contributed by atoms with van der Waals surface area (Å²) in [6, 6.07) is 4.90. The third kappa shape index (κ3) is 6.09. The van der Waals surface area contributed by atoms with Gasteiger partial charge in [0.05, 0.1) is 31.9 Å². The highest BCUT2D eigenvalue weighted by atomic mass is 19.1. The molecule has 0 saturated heterocycles. The number of nitrogens with zero attached hydrogens (tertiary/aromatic N) is 1. The van der Waals surface area contributed by atoms with E-state index >= 15 is 4.39 Å². The molecule has 0 aliphatic carbocycles. The monoisotopic (exact) mass is 528 g/mol. The van der Waals surface area contributed by atoms with Gasteiger partial charge in [0, 0.05) is 24.1 Å². The molecule has 9 heteroatoms. The van der Waals surface area contributed by atoms with Crippen molar-refractivity contribution in [3.8, 4) is 17.2 Å². The number of ketones is 1. The highest BCUT2D eigenvalue weighted by Crippen LogP contribution is 2.39. The summed E-state index contributed by atoms with van der Waals surface area (Å²) in [5.74, 6) is -1.17. The van der Waals surface area contributed by atoms with Crippen LogP contribution in [0.15, 0.2) is 18.2 Å². The lowest BCUT2D eigenvalue weighted by Crippen LogP contribution is -2.30. The van der Waals surface area contributed by atoms with Crippen molar-refractivity contribution >= 4 is 17.6 Å². The normalized spacial score (nSPS) is 12.9. The van der Waals surface area contributed by atoms with Crippen LogP contribution >= 0.6 is 0 Å². The Kier molecular flexibility index (Phi) is 9.01. The van der Waals surface area contributed by atoms with Crippen LogP contribution in [-0.2, 0) is 27.9 Å². The SMILES string of the molecule is CCOC(=O)CCc1cc(C(=O)CN2Cc3cc(OCC)c(OCC)c(F)c3C2=N)cc(C(C)(C)C)c1O. The first-order valence-electron chi connectivity index (χ1n) is 12.9. The van der Waals surface area contributed by atoms with E-state index in [-0.39, 0.29) is 79.5 Å². The zero-order valence-corrected chi connectivity index (χ0v) is 23.0. The summed E-state index contributed by atoms with van der Waals surface area (Å²) in [6.45, 7) is 11.9. The van der Waals surface area contributed by atoms with Crippen LogP contribution in [0.2, 0.25) is 0 Å². The first-order valence-corrected chi connectivity index (χ1v) is 12.9. The molecular formula is C29H37FN2O6. The Balaban J connectivity index is 1.91. The molecule has 1 aliphatic rings. The van der Waals surface area contributed by atoms with Crippen molar-refractivity contribution < 1.29 is 33.3 Å². The van der Waals surface area contributed by atoms with Crippen molar-refractivity contribution in [1.29, 1.82) is 5.41 Å². The van der Waals surface area contributed by atoms with Gasteiger partial charge in [-0.05, 0) is 61.9 Å². The molecule has 206 valence electrons. The van der Waals surface area contributed by atoms with E-state index < -0.39 is 11.2 Å². The van der Waals surface area contributed by atoms with Crippen LogP contribution in [0.25, 0.3) is 0 Å². The van der Waals surface area contributed by atoms with Gasteiger partial charge in [0.15, 0.2) is 23.1 Å². The fourth-order valence-electron chi connectivity index (χ4n) is 4.51. The van der Waals surface area contributed by atoms with Crippen LogP contribution in [-0.4, -0.2) is 54.0 Å². The summed E-state index contributed by atoms with van der Waals surface area (Å²) in [5, 5.41) is 19.5. The number of benzene rings is 2. The molecule has 0 fully saturated rings. The molecule has 2 aromatic carbocycles. The minimum absolute atomic E-state index is 0.0365. The van der Waals surface area contributed by atoms with Crippen molar-refractivity contribution in [2.75, 3.05) is 26.4 Å². The average Bonchev–Trinajstić information content (AvgIpc) is 3.15. The summed E-state index contributed by atoms with van der Waals surface area (Å²) in [5.41, 5.74) is 1.58. The van der Waals surface area contributed by atoms with E-state index in [1.54, 1.807) is 39.0 Å². The molecular weight excluding hydrogens is 491 g/mol. The number of esters is 1. The van der Waals surface area contributed by atoms with Crippen LogP contribution in [0.5, 0.6) is 17.2 Å². The zero-order chi connectivity index (χ0) is 28.2. The van der Waals surface area contributed by atoms with Gasteiger partial charge in [0.25, 0.3) is 0 Å². The van der Waals surface area contributed by atoms with Crippen molar-refractivity contribution in [1.82, 2.24) is 4.90 Å². The van der Waals surface area contributed by atoms with Gasteiger partial charge in [-0.3, -0.25) is 15.0 Å². The molecule has 8 nitrogen and oxygen atoms in total. The highest BCUT2D eigenvalue weighted by Gasteiger charge is 2.33. The number of amidine groups is 1. The fraction of sp³-hybridized carbons (Fsp3) is 0.483. The summed E-state index contributed by atoms with van der Waals surface area (Å²) in [6.07, 6.45) is 0.282. The molecule has 0 radical (unpaired) electrons. The van der Waals surface area contributed by atoms with Gasteiger partial charge in [-0.1, -0.05) is 20.8 Å². The van der Waals surface area contributed by atoms with Gasteiger partial charge in [0.2, 0.25) is 0 Å². The van der Waals surface area contributed by atoms with Crippen molar-refractivity contribution in [3.63, 3.8) is 0 Å². The molecule has 0 aromatic heterocycles. The first-order chi connectivity index (χ1) is 17.9. The van der Waals surface area contributed by atoms with Crippen LogP contribution in [0.3, 0.4) is 0 Å². The van der Waals surface area contributed by atoms with Gasteiger partial charge < -0.3 is 24.2 Å². The molecule has 0 atom stereocenters. The Bertz CT molecular complexity index is 1230. The zero-order valence-electron chi connectivity index (χ0n) is 23.0. The van der Waals surface area contributed by atoms with Gasteiger partial charge >= 0.3 is 5.97 Å². The molecule has 0 unspecified atom stereocenters. The maximum Gasteiger partial charge on any atom is 0.306 e. The lowest BCUT2D eigenvalue weighted by atomic mass is 9.83. The Morgan fingerprint density at radius 3 is 2.37 bits per heavy atom. The van der Waals surface area contributed by atoms with E-state index in [4.69, 9.17) is 19.6 Å². The number of halogens is 1. The molecule has 0 saturated carbocycles. The number of carbonyl (C=O) groups excluding carboxylic acids is 2. The van der Waals surface area contributed by atoms with Crippen molar-refractivity contribution in [3.05, 3.63) is 51.8 Å². The Hall–Kier alpha value is -3.62. The predicted octanol–water partition coefficient (Wildman–Crippen LogP) is 5.15. The topological polar surface area (TPSA) is 109 Å². The number of rotatable bonds is 11. The van der Waals surface area contributed by atoms with E-state index in [2.05, 4.69) is 0 Å². The van der Waals surface area contributed by atoms with Crippen LogP contribution < -0.4 is 9.47 Å². The smallest absolute Gasteiger partial charge is 0.306 e. The summed E-state index contributed by atoms with van der Waals surface area (Å²) in [7, 11) is 0. The van der Waals surface area contributed by atoms with Crippen molar-refractivity contribution in [2.45, 2.75) is 66.3 Å². The van der Waals surface area contributed by atoms with E-state index in [1.807, 2.05) is 20.8 Å². The number of phenolic OH excluding ortho intramolecular Hbond substituents is 1. The maximum atomic E-state index is 15.4. The lowest BCUT2D eigenvalue weighted by Gasteiger charge is -2.24. The number of fused-ring (bicyclic) bond motifs is 1. The van der Waals surface area contributed by atoms with Crippen LogP contribution in [0, 0.1) is 11.2 Å². The molecule has 0 amide bonds. The number of phenols is 1. The van der Waals surface area contributed by atoms with Crippen LogP contribution in [0.4, 0.5) is 4.39 Å². The molecule has 3 rings (SSSR count). The lowest BCUT2D eigenvalue weighted by molar-refractivity contribution is -0.143. The third-order valence-electron chi connectivity index (χ3n) is 6.33. The highest BCUT2D eigenvalue weighted by molar-refractivity contribution is 6.06. The molecule has 2 aromatic rings. The number of ether oxygens (including phenoxy) is 3. The number of aromatic hydroxyl groups is 1. The number of carbonyl (C=O) groups is 2. The standard InChI is InChI=1S/C29H37FN2O6/c1-7-36-22-14-19-15-32(28(31)24(19)25(30)27(22)38-9-3)16-21(33)18-12-17(10-11-23(34)37-8-2)26(35)20(13-18)29(4,5)6/h12-14,31,35H,7-11,15-16H2,1-6H3. The van der Waals surface area contributed by atoms with Gasteiger partial charge in [-0.25, -0.2) is 4.39 Å². The van der Waals surface area contributed by atoms with Gasteiger partial charge in [-0.2, -0.15) is 0 Å². The fourth-order valence-corrected chi connectivity index (χ4v) is 4.51. The number of aryl methyl sites for hydroxylation is 1. The number of Topliss-reactive ketones (excluding diaryl/α,β-unsaturated/α-hetero) is 1. The minimum atomic E-state index is -0.673. The Morgan fingerprint density at radius 2 is 1.76 bits per heavy atom. The van der Waals surface area contributed by atoms with Crippen LogP contribution in [0.1, 0.15) is 80.6 Å². The summed E-state index contributed by atoms with van der Waals surface area (Å²) >= 11 is 0. The first kappa shape index (κ1) is 28.9. The van der Waals surface area contributed by atoms with Crippen molar-refractivity contribution in [2.24, 2.45) is 0 Å².